The molecule has 2 aromatic carbocycles. The zero-order valence-corrected chi connectivity index (χ0v) is 18.1. The third-order valence-electron chi connectivity index (χ3n) is 6.97. The molecule has 0 unspecified atom stereocenters. The van der Waals surface area contributed by atoms with Crippen molar-refractivity contribution >= 4 is 11.8 Å². The lowest BCUT2D eigenvalue weighted by atomic mass is 9.73. The number of rotatable bonds is 5. The third kappa shape index (κ3) is 3.92. The number of carbonyl (C=O) groups excluding carboxylic acids is 2. The predicted octanol–water partition coefficient (Wildman–Crippen LogP) is 1.18. The van der Waals surface area contributed by atoms with E-state index >= 15 is 0 Å². The van der Waals surface area contributed by atoms with Crippen molar-refractivity contribution in [3.63, 3.8) is 0 Å². The Balaban J connectivity index is 1.31. The highest BCUT2D eigenvalue weighted by Gasteiger charge is 2.54. The van der Waals surface area contributed by atoms with Crippen molar-refractivity contribution in [1.29, 1.82) is 0 Å². The zero-order chi connectivity index (χ0) is 22.1. The molecule has 0 radical (unpaired) electrons. The highest BCUT2D eigenvalue weighted by atomic mass is 16.5. The van der Waals surface area contributed by atoms with Gasteiger partial charge in [-0.2, -0.15) is 0 Å². The molecule has 0 saturated carbocycles. The number of morpholine rings is 1. The van der Waals surface area contributed by atoms with E-state index < -0.39 is 0 Å². The van der Waals surface area contributed by atoms with E-state index in [1.165, 1.54) is 0 Å². The maximum absolute atomic E-state index is 12.9. The molecule has 3 aliphatic heterocycles. The Hall–Kier alpha value is -2.74. The summed E-state index contributed by atoms with van der Waals surface area (Å²) < 4.78 is 5.36. The number of hydrogen-bond acceptors (Lipinski definition) is 5. The average Bonchev–Trinajstić information content (AvgIpc) is 2.82. The fourth-order valence-corrected chi connectivity index (χ4v) is 5.27. The average molecular weight is 436 g/mol. The predicted molar refractivity (Wildman–Crippen MR) is 120 cm³/mol. The van der Waals surface area contributed by atoms with Crippen molar-refractivity contribution in [1.82, 2.24) is 14.7 Å². The summed E-state index contributed by atoms with van der Waals surface area (Å²) in [6.45, 7) is 3.62. The molecule has 2 aromatic rings. The van der Waals surface area contributed by atoms with E-state index in [0.29, 0.717) is 26.3 Å². The normalized spacial score (nSPS) is 25.9. The van der Waals surface area contributed by atoms with Gasteiger partial charge in [-0.15, -0.1) is 0 Å². The first-order chi connectivity index (χ1) is 15.7. The number of nitrogens with zero attached hydrogens (tertiary/aromatic N) is 3. The highest BCUT2D eigenvalue weighted by molar-refractivity contribution is 5.88. The molecule has 3 saturated heterocycles. The Morgan fingerprint density at radius 1 is 1.00 bits per heavy atom. The van der Waals surface area contributed by atoms with Crippen molar-refractivity contribution in [2.45, 2.75) is 18.0 Å². The number of amides is 2. The quantitative estimate of drug-likeness (QED) is 0.764. The Kier molecular flexibility index (Phi) is 5.95. The molecule has 0 spiro atoms. The van der Waals surface area contributed by atoms with Gasteiger partial charge in [0.15, 0.2) is 0 Å². The molecule has 0 bridgehead atoms. The van der Waals surface area contributed by atoms with Crippen molar-refractivity contribution in [2.24, 2.45) is 0 Å². The van der Waals surface area contributed by atoms with Crippen molar-refractivity contribution < 1.29 is 19.4 Å². The number of fused-ring (bicyclic) bond motifs is 1. The van der Waals surface area contributed by atoms with Gasteiger partial charge in [0.2, 0.25) is 11.8 Å². The largest absolute Gasteiger partial charge is 0.394 e. The lowest BCUT2D eigenvalue weighted by Crippen LogP contribution is -2.73. The van der Waals surface area contributed by atoms with Crippen LogP contribution in [0.3, 0.4) is 0 Å². The van der Waals surface area contributed by atoms with E-state index in [1.54, 1.807) is 9.80 Å². The fourth-order valence-electron chi connectivity index (χ4n) is 5.27. The molecule has 3 heterocycles. The molecule has 3 fully saturated rings. The Morgan fingerprint density at radius 2 is 1.69 bits per heavy atom. The van der Waals surface area contributed by atoms with Crippen LogP contribution in [0.5, 0.6) is 0 Å². The van der Waals surface area contributed by atoms with Gasteiger partial charge in [0.25, 0.3) is 0 Å². The zero-order valence-electron chi connectivity index (χ0n) is 18.1. The van der Waals surface area contributed by atoms with Crippen LogP contribution in [-0.4, -0.2) is 96.2 Å². The van der Waals surface area contributed by atoms with Crippen LogP contribution >= 0.6 is 0 Å². The first-order valence-corrected chi connectivity index (χ1v) is 11.3. The first-order valence-electron chi connectivity index (χ1n) is 11.3. The smallest absolute Gasteiger partial charge is 0.242 e. The Morgan fingerprint density at radius 3 is 2.38 bits per heavy atom. The van der Waals surface area contributed by atoms with Crippen LogP contribution in [0, 0.1) is 0 Å². The van der Waals surface area contributed by atoms with Crippen molar-refractivity contribution in [2.75, 3.05) is 52.5 Å². The summed E-state index contributed by atoms with van der Waals surface area (Å²) in [5.41, 5.74) is 3.38. The van der Waals surface area contributed by atoms with E-state index in [0.717, 1.165) is 29.8 Å². The number of carbonyl (C=O) groups is 2. The molecule has 0 aromatic heterocycles. The van der Waals surface area contributed by atoms with Crippen LogP contribution in [-0.2, 0) is 14.3 Å². The summed E-state index contributed by atoms with van der Waals surface area (Å²) in [7, 11) is 0. The minimum atomic E-state index is -0.230. The molecule has 3 aliphatic rings. The van der Waals surface area contributed by atoms with Crippen molar-refractivity contribution in [3.05, 3.63) is 60.2 Å². The van der Waals surface area contributed by atoms with Crippen LogP contribution < -0.4 is 0 Å². The van der Waals surface area contributed by atoms with Gasteiger partial charge in [-0.1, -0.05) is 54.6 Å². The molecule has 3 atom stereocenters. The summed E-state index contributed by atoms with van der Waals surface area (Å²) in [6.07, 6.45) is 0. The van der Waals surface area contributed by atoms with Gasteiger partial charge in [-0.3, -0.25) is 14.5 Å². The summed E-state index contributed by atoms with van der Waals surface area (Å²) in [4.78, 5) is 31.3. The van der Waals surface area contributed by atoms with Gasteiger partial charge in [-0.25, -0.2) is 0 Å². The second-order valence-electron chi connectivity index (χ2n) is 8.79. The lowest BCUT2D eigenvalue weighted by Gasteiger charge is -2.58. The van der Waals surface area contributed by atoms with Crippen LogP contribution in [0.25, 0.3) is 11.1 Å². The molecule has 7 nitrogen and oxygen atoms in total. The minimum absolute atomic E-state index is 0.00877. The van der Waals surface area contributed by atoms with Gasteiger partial charge in [0.1, 0.15) is 0 Å². The number of aliphatic hydroxyl groups is 1. The van der Waals surface area contributed by atoms with Crippen molar-refractivity contribution in [3.8, 4) is 11.1 Å². The van der Waals surface area contributed by atoms with E-state index in [4.69, 9.17) is 4.74 Å². The highest BCUT2D eigenvalue weighted by Crippen LogP contribution is 2.43. The maximum atomic E-state index is 12.9. The number of benzene rings is 2. The Bertz CT molecular complexity index is 959. The van der Waals surface area contributed by atoms with Crippen LogP contribution in [0.4, 0.5) is 0 Å². The fraction of sp³-hybridized carbons (Fsp3) is 0.440. The molecule has 2 amide bonds. The number of aliphatic hydroxyl groups excluding tert-OH is 1. The second-order valence-corrected chi connectivity index (χ2v) is 8.79. The standard InChI is InChI=1S/C25H29N3O4/c29-17-22-25(20-8-6-19(7-9-20)18-4-2-1-3-5-18)21-14-27(16-24(31)28(21)22)23(30)15-26-10-12-32-13-11-26/h1-9,21-22,25,29H,10-17H2/t21-,22-,25+/m1/s1. The molecule has 0 aliphatic carbocycles. The van der Waals surface area contributed by atoms with Crippen LogP contribution in [0.2, 0.25) is 0 Å². The molecule has 5 rings (SSSR count). The van der Waals surface area contributed by atoms with E-state index in [2.05, 4.69) is 41.3 Å². The van der Waals surface area contributed by atoms with E-state index in [1.807, 2.05) is 18.2 Å². The van der Waals surface area contributed by atoms with Gasteiger partial charge in [0, 0.05) is 25.6 Å². The Labute approximate surface area is 188 Å². The van der Waals surface area contributed by atoms with E-state index in [9.17, 15) is 14.7 Å². The summed E-state index contributed by atoms with van der Waals surface area (Å²) >= 11 is 0. The van der Waals surface area contributed by atoms with Gasteiger partial charge >= 0.3 is 0 Å². The summed E-state index contributed by atoms with van der Waals surface area (Å²) in [5.74, 6) is -0.0638. The summed E-state index contributed by atoms with van der Waals surface area (Å²) in [6, 6.07) is 18.2. The molecule has 1 N–H and O–H groups in total. The second kappa shape index (κ2) is 9.02. The van der Waals surface area contributed by atoms with Gasteiger partial charge in [-0.05, 0) is 16.7 Å². The van der Waals surface area contributed by atoms with Crippen LogP contribution in [0.15, 0.2) is 54.6 Å². The SMILES string of the molecule is O=C(CN1CCOCC1)N1CC(=O)N2[C@H](CO)[C@@H](c3ccc(-c4ccccc4)cc3)[C@H]2C1. The van der Waals surface area contributed by atoms with E-state index in [-0.39, 0.29) is 43.0 Å². The minimum Gasteiger partial charge on any atom is -0.394 e. The third-order valence-corrected chi connectivity index (χ3v) is 6.97. The maximum Gasteiger partial charge on any atom is 0.242 e. The van der Waals surface area contributed by atoms with Crippen LogP contribution in [0.1, 0.15) is 11.5 Å². The number of piperazine rings is 1. The molecular weight excluding hydrogens is 406 g/mol. The topological polar surface area (TPSA) is 73.3 Å². The monoisotopic (exact) mass is 435 g/mol. The molecule has 32 heavy (non-hydrogen) atoms. The lowest BCUT2D eigenvalue weighted by molar-refractivity contribution is -0.167. The van der Waals surface area contributed by atoms with Gasteiger partial charge < -0.3 is 19.6 Å². The summed E-state index contributed by atoms with van der Waals surface area (Å²) in [5, 5.41) is 10.0. The number of hydrogen-bond donors (Lipinski definition) is 1. The molecule has 7 heteroatoms. The molecular formula is C25H29N3O4. The van der Waals surface area contributed by atoms with Gasteiger partial charge in [0.05, 0.1) is 45.0 Å². The number of ether oxygens (including phenoxy) is 1. The molecule has 168 valence electrons. The first kappa shape index (κ1) is 21.1.